The van der Waals surface area contributed by atoms with E-state index in [2.05, 4.69) is 5.16 Å². The quantitative estimate of drug-likeness (QED) is 0.201. The van der Waals surface area contributed by atoms with Crippen LogP contribution >= 0.6 is 0 Å². The minimum atomic E-state index is 0.0332. The Morgan fingerprint density at radius 2 is 2.45 bits per heavy atom. The van der Waals surface area contributed by atoms with E-state index in [-0.39, 0.29) is 18.6 Å². The summed E-state index contributed by atoms with van der Waals surface area (Å²) in [7, 11) is 0. The zero-order valence-corrected chi connectivity index (χ0v) is 6.27. The van der Waals surface area contributed by atoms with E-state index in [0.29, 0.717) is 0 Å². The second-order valence-corrected chi connectivity index (χ2v) is 2.63. The Labute approximate surface area is 65.1 Å². The van der Waals surface area contributed by atoms with Crippen molar-refractivity contribution in [3.63, 3.8) is 0 Å². The summed E-state index contributed by atoms with van der Waals surface area (Å²) in [5.74, 6) is 0.0987. The van der Waals surface area contributed by atoms with Crippen molar-refractivity contribution in [2.24, 2.45) is 10.9 Å². The van der Waals surface area contributed by atoms with Gasteiger partial charge in [0, 0.05) is 6.54 Å². The third-order valence-electron chi connectivity index (χ3n) is 1.98. The van der Waals surface area contributed by atoms with E-state index >= 15 is 0 Å². The number of rotatable bonds is 1. The monoisotopic (exact) mass is 159 g/mol. The van der Waals surface area contributed by atoms with E-state index in [1.807, 2.05) is 0 Å². The molecule has 0 spiro atoms. The summed E-state index contributed by atoms with van der Waals surface area (Å²) >= 11 is 0. The normalized spacial score (nSPS) is 26.1. The zero-order valence-electron chi connectivity index (χ0n) is 6.27. The van der Waals surface area contributed by atoms with E-state index in [1.165, 1.54) is 0 Å². The van der Waals surface area contributed by atoms with Gasteiger partial charge in [0.2, 0.25) is 5.96 Å². The number of hydrogen-bond acceptors (Lipinski definition) is 3. The van der Waals surface area contributed by atoms with Gasteiger partial charge in [0.15, 0.2) is 0 Å². The molecule has 0 aromatic heterocycles. The Hall–Kier alpha value is -0.970. The maximum atomic E-state index is 8.85. The molecule has 64 valence electrons. The van der Waals surface area contributed by atoms with Crippen LogP contribution in [0.3, 0.4) is 0 Å². The SMILES string of the molecule is N/C(=N\O)N1CCCC1CO. The fourth-order valence-corrected chi connectivity index (χ4v) is 1.38. The standard InChI is InChI=1S/C6H13N3O2/c7-6(8-11)9-3-1-2-5(9)4-10/h5,10-11H,1-4H2,(H2,7,8). The average molecular weight is 159 g/mol. The van der Waals surface area contributed by atoms with Crippen LogP contribution in [0.25, 0.3) is 0 Å². The zero-order chi connectivity index (χ0) is 8.27. The molecule has 1 saturated heterocycles. The second-order valence-electron chi connectivity index (χ2n) is 2.63. The summed E-state index contributed by atoms with van der Waals surface area (Å²) in [5.41, 5.74) is 5.36. The lowest BCUT2D eigenvalue weighted by Crippen LogP contribution is -2.42. The molecule has 1 aliphatic heterocycles. The highest BCUT2D eigenvalue weighted by atomic mass is 16.4. The molecule has 1 rings (SSSR count). The highest BCUT2D eigenvalue weighted by Gasteiger charge is 2.25. The van der Waals surface area contributed by atoms with Crippen LogP contribution in [0, 0.1) is 0 Å². The van der Waals surface area contributed by atoms with Crippen molar-refractivity contribution in [3.8, 4) is 0 Å². The maximum Gasteiger partial charge on any atom is 0.233 e. The highest BCUT2D eigenvalue weighted by Crippen LogP contribution is 2.15. The smallest absolute Gasteiger partial charge is 0.233 e. The van der Waals surface area contributed by atoms with Crippen LogP contribution in [-0.4, -0.2) is 40.4 Å². The minimum Gasteiger partial charge on any atom is -0.408 e. The predicted octanol–water partition coefficient (Wildman–Crippen LogP) is -0.853. The lowest BCUT2D eigenvalue weighted by atomic mass is 10.2. The first-order valence-electron chi connectivity index (χ1n) is 3.64. The Kier molecular flexibility index (Phi) is 2.53. The van der Waals surface area contributed by atoms with Gasteiger partial charge in [-0.15, -0.1) is 0 Å². The number of likely N-dealkylation sites (tertiary alicyclic amines) is 1. The van der Waals surface area contributed by atoms with Crippen LogP contribution in [0.4, 0.5) is 0 Å². The van der Waals surface area contributed by atoms with Crippen LogP contribution in [0.1, 0.15) is 12.8 Å². The number of nitrogens with zero attached hydrogens (tertiary/aromatic N) is 2. The number of aliphatic hydroxyl groups is 1. The Morgan fingerprint density at radius 1 is 1.73 bits per heavy atom. The topological polar surface area (TPSA) is 82.1 Å². The van der Waals surface area contributed by atoms with E-state index in [1.54, 1.807) is 4.90 Å². The molecule has 5 nitrogen and oxygen atoms in total. The van der Waals surface area contributed by atoms with E-state index in [4.69, 9.17) is 16.0 Å². The number of aliphatic hydroxyl groups excluding tert-OH is 1. The molecule has 5 heteroatoms. The van der Waals surface area contributed by atoms with Crippen molar-refractivity contribution in [2.45, 2.75) is 18.9 Å². The van der Waals surface area contributed by atoms with Crippen molar-refractivity contribution in [1.29, 1.82) is 0 Å². The van der Waals surface area contributed by atoms with Gasteiger partial charge in [-0.3, -0.25) is 0 Å². The van der Waals surface area contributed by atoms with Gasteiger partial charge >= 0.3 is 0 Å². The van der Waals surface area contributed by atoms with Gasteiger partial charge in [0.25, 0.3) is 0 Å². The molecular weight excluding hydrogens is 146 g/mol. The van der Waals surface area contributed by atoms with Crippen molar-refractivity contribution in [1.82, 2.24) is 4.90 Å². The van der Waals surface area contributed by atoms with E-state index < -0.39 is 0 Å². The van der Waals surface area contributed by atoms with Crippen molar-refractivity contribution >= 4 is 5.96 Å². The van der Waals surface area contributed by atoms with Gasteiger partial charge in [-0.05, 0) is 12.8 Å². The third-order valence-corrected chi connectivity index (χ3v) is 1.98. The maximum absolute atomic E-state index is 8.85. The molecular formula is C6H13N3O2. The Bertz CT molecular complexity index is 160. The van der Waals surface area contributed by atoms with Crippen LogP contribution < -0.4 is 5.73 Å². The highest BCUT2D eigenvalue weighted by molar-refractivity contribution is 5.77. The van der Waals surface area contributed by atoms with Gasteiger partial charge in [-0.25, -0.2) is 0 Å². The largest absolute Gasteiger partial charge is 0.408 e. The molecule has 0 aromatic rings. The molecule has 0 aliphatic carbocycles. The molecule has 1 aliphatic rings. The van der Waals surface area contributed by atoms with Crippen molar-refractivity contribution in [3.05, 3.63) is 0 Å². The number of oxime groups is 1. The third kappa shape index (κ3) is 1.54. The molecule has 1 heterocycles. The van der Waals surface area contributed by atoms with E-state index in [0.717, 1.165) is 19.4 Å². The van der Waals surface area contributed by atoms with Gasteiger partial charge < -0.3 is 20.9 Å². The summed E-state index contributed by atoms with van der Waals surface area (Å²) in [6.07, 6.45) is 1.90. The molecule has 1 unspecified atom stereocenters. The first kappa shape index (κ1) is 8.13. The predicted molar refractivity (Wildman–Crippen MR) is 40.2 cm³/mol. The van der Waals surface area contributed by atoms with Crippen LogP contribution in [0.15, 0.2) is 5.16 Å². The molecule has 11 heavy (non-hydrogen) atoms. The fraction of sp³-hybridized carbons (Fsp3) is 0.833. The van der Waals surface area contributed by atoms with Crippen molar-refractivity contribution in [2.75, 3.05) is 13.2 Å². The molecule has 4 N–H and O–H groups in total. The van der Waals surface area contributed by atoms with Crippen LogP contribution in [-0.2, 0) is 0 Å². The first-order chi connectivity index (χ1) is 5.29. The molecule has 0 bridgehead atoms. The fourth-order valence-electron chi connectivity index (χ4n) is 1.38. The molecule has 1 fully saturated rings. The molecule has 0 radical (unpaired) electrons. The van der Waals surface area contributed by atoms with Crippen LogP contribution in [0.5, 0.6) is 0 Å². The summed E-state index contributed by atoms with van der Waals surface area (Å²) in [6.45, 7) is 0.831. The summed E-state index contributed by atoms with van der Waals surface area (Å²) in [4.78, 5) is 1.71. The minimum absolute atomic E-state index is 0.0332. The van der Waals surface area contributed by atoms with Gasteiger partial charge in [0.1, 0.15) is 0 Å². The number of hydrogen-bond donors (Lipinski definition) is 3. The lowest BCUT2D eigenvalue weighted by molar-refractivity contribution is 0.201. The van der Waals surface area contributed by atoms with Crippen LogP contribution in [0.2, 0.25) is 0 Å². The first-order valence-corrected chi connectivity index (χ1v) is 3.64. The van der Waals surface area contributed by atoms with Gasteiger partial charge in [-0.1, -0.05) is 5.16 Å². The Morgan fingerprint density at radius 3 is 3.00 bits per heavy atom. The lowest BCUT2D eigenvalue weighted by Gasteiger charge is -2.22. The summed E-state index contributed by atoms with van der Waals surface area (Å²) in [5, 5.41) is 20.1. The Balaban J connectivity index is 2.56. The second kappa shape index (κ2) is 3.43. The molecule has 0 saturated carbocycles. The number of nitrogens with two attached hydrogens (primary N) is 1. The van der Waals surface area contributed by atoms with Gasteiger partial charge in [0.05, 0.1) is 12.6 Å². The molecule has 0 amide bonds. The van der Waals surface area contributed by atoms with Crippen molar-refractivity contribution < 1.29 is 10.3 Å². The molecule has 0 aromatic carbocycles. The summed E-state index contributed by atoms with van der Waals surface area (Å²) in [6, 6.07) is 0.0332. The number of guanidine groups is 1. The van der Waals surface area contributed by atoms with E-state index in [9.17, 15) is 0 Å². The summed E-state index contributed by atoms with van der Waals surface area (Å²) < 4.78 is 0. The molecule has 1 atom stereocenters. The van der Waals surface area contributed by atoms with Gasteiger partial charge in [-0.2, -0.15) is 0 Å². The average Bonchev–Trinajstić information content (AvgIpc) is 2.50.